The van der Waals surface area contributed by atoms with Crippen LogP contribution in [0, 0.1) is 11.6 Å². The van der Waals surface area contributed by atoms with Gasteiger partial charge in [0.15, 0.2) is 5.82 Å². The van der Waals surface area contributed by atoms with Gasteiger partial charge in [-0.25, -0.2) is 8.78 Å². The third-order valence-electron chi connectivity index (χ3n) is 2.56. The SMILES string of the molecule is O=C(c1ccc(F)c(Cl)c1F)N1CCOCC1. The molecule has 1 aliphatic heterocycles. The van der Waals surface area contributed by atoms with E-state index >= 15 is 0 Å². The van der Waals surface area contributed by atoms with E-state index in [4.69, 9.17) is 16.3 Å². The lowest BCUT2D eigenvalue weighted by Crippen LogP contribution is -2.41. The van der Waals surface area contributed by atoms with Crippen molar-refractivity contribution in [1.29, 1.82) is 0 Å². The quantitative estimate of drug-likeness (QED) is 0.725. The highest BCUT2D eigenvalue weighted by molar-refractivity contribution is 6.31. The van der Waals surface area contributed by atoms with E-state index in [-0.39, 0.29) is 5.56 Å². The van der Waals surface area contributed by atoms with E-state index in [1.54, 1.807) is 0 Å². The Labute approximate surface area is 102 Å². The molecular weight excluding hydrogens is 252 g/mol. The molecule has 1 aliphatic rings. The fraction of sp³-hybridized carbons (Fsp3) is 0.364. The van der Waals surface area contributed by atoms with E-state index < -0.39 is 22.6 Å². The van der Waals surface area contributed by atoms with Crippen LogP contribution in [0.2, 0.25) is 5.02 Å². The molecule has 1 aromatic rings. The van der Waals surface area contributed by atoms with Crippen LogP contribution in [0.25, 0.3) is 0 Å². The molecule has 0 atom stereocenters. The van der Waals surface area contributed by atoms with Crippen LogP contribution in [0.3, 0.4) is 0 Å². The standard InChI is InChI=1S/C11H10ClF2NO2/c12-9-8(13)2-1-7(10(9)14)11(16)15-3-5-17-6-4-15/h1-2H,3-6H2. The van der Waals surface area contributed by atoms with Gasteiger partial charge < -0.3 is 9.64 Å². The Morgan fingerprint density at radius 2 is 1.94 bits per heavy atom. The predicted molar refractivity (Wildman–Crippen MR) is 58.1 cm³/mol. The largest absolute Gasteiger partial charge is 0.378 e. The second-order valence-electron chi connectivity index (χ2n) is 3.63. The van der Waals surface area contributed by atoms with Crippen molar-refractivity contribution in [1.82, 2.24) is 4.90 Å². The molecule has 17 heavy (non-hydrogen) atoms. The minimum absolute atomic E-state index is 0.210. The molecule has 0 bridgehead atoms. The van der Waals surface area contributed by atoms with Crippen molar-refractivity contribution in [2.75, 3.05) is 26.3 Å². The van der Waals surface area contributed by atoms with E-state index in [0.717, 1.165) is 12.1 Å². The maximum Gasteiger partial charge on any atom is 0.257 e. The van der Waals surface area contributed by atoms with E-state index in [1.165, 1.54) is 4.90 Å². The van der Waals surface area contributed by atoms with Gasteiger partial charge in [-0.3, -0.25) is 4.79 Å². The lowest BCUT2D eigenvalue weighted by molar-refractivity contribution is 0.0300. The molecule has 0 saturated carbocycles. The topological polar surface area (TPSA) is 29.5 Å². The molecule has 0 unspecified atom stereocenters. The first-order valence-corrected chi connectivity index (χ1v) is 5.49. The van der Waals surface area contributed by atoms with Crippen LogP contribution in [-0.4, -0.2) is 37.1 Å². The molecule has 92 valence electrons. The van der Waals surface area contributed by atoms with Crippen LogP contribution in [0.1, 0.15) is 10.4 Å². The maximum atomic E-state index is 13.6. The van der Waals surface area contributed by atoms with Crippen LogP contribution in [0.5, 0.6) is 0 Å². The molecule has 0 aliphatic carbocycles. The molecule has 0 spiro atoms. The van der Waals surface area contributed by atoms with E-state index in [0.29, 0.717) is 26.3 Å². The van der Waals surface area contributed by atoms with Gasteiger partial charge in [-0.15, -0.1) is 0 Å². The Bertz CT molecular complexity index is 447. The Morgan fingerprint density at radius 3 is 2.59 bits per heavy atom. The fourth-order valence-electron chi connectivity index (χ4n) is 1.63. The zero-order chi connectivity index (χ0) is 12.4. The molecule has 2 rings (SSSR count). The molecule has 0 aromatic heterocycles. The maximum absolute atomic E-state index is 13.6. The van der Waals surface area contributed by atoms with E-state index in [9.17, 15) is 13.6 Å². The fourth-order valence-corrected chi connectivity index (χ4v) is 1.79. The second-order valence-corrected chi connectivity index (χ2v) is 4.01. The molecule has 1 saturated heterocycles. The van der Waals surface area contributed by atoms with Crippen LogP contribution < -0.4 is 0 Å². The van der Waals surface area contributed by atoms with Crippen molar-refractivity contribution < 1.29 is 18.3 Å². The summed E-state index contributed by atoms with van der Waals surface area (Å²) in [4.78, 5) is 13.4. The van der Waals surface area contributed by atoms with Gasteiger partial charge in [0.25, 0.3) is 5.91 Å². The molecule has 3 nitrogen and oxygen atoms in total. The predicted octanol–water partition coefficient (Wildman–Crippen LogP) is 2.09. The number of hydrogen-bond acceptors (Lipinski definition) is 2. The summed E-state index contributed by atoms with van der Waals surface area (Å²) in [5, 5.41) is -0.649. The molecule has 6 heteroatoms. The van der Waals surface area contributed by atoms with Gasteiger partial charge in [-0.2, -0.15) is 0 Å². The number of morpholine rings is 1. The Kier molecular flexibility index (Phi) is 3.59. The van der Waals surface area contributed by atoms with Gasteiger partial charge in [-0.05, 0) is 12.1 Å². The lowest BCUT2D eigenvalue weighted by Gasteiger charge is -2.27. The normalized spacial score (nSPS) is 16.1. The molecule has 1 heterocycles. The number of halogens is 3. The zero-order valence-corrected chi connectivity index (χ0v) is 9.64. The number of rotatable bonds is 1. The molecule has 1 aromatic carbocycles. The third kappa shape index (κ3) is 2.40. The Hall–Kier alpha value is -1.20. The van der Waals surface area contributed by atoms with E-state index in [2.05, 4.69) is 0 Å². The first-order valence-electron chi connectivity index (χ1n) is 5.12. The second kappa shape index (κ2) is 4.98. The molecule has 1 fully saturated rings. The van der Waals surface area contributed by atoms with Crippen molar-refractivity contribution in [3.63, 3.8) is 0 Å². The highest BCUT2D eigenvalue weighted by Gasteiger charge is 2.23. The molecule has 0 radical (unpaired) electrons. The summed E-state index contributed by atoms with van der Waals surface area (Å²) >= 11 is 5.42. The Balaban J connectivity index is 2.27. The minimum Gasteiger partial charge on any atom is -0.378 e. The number of ether oxygens (including phenoxy) is 1. The van der Waals surface area contributed by atoms with Gasteiger partial charge in [-0.1, -0.05) is 11.6 Å². The summed E-state index contributed by atoms with van der Waals surface area (Å²) in [6, 6.07) is 2.09. The average molecular weight is 262 g/mol. The third-order valence-corrected chi connectivity index (χ3v) is 2.91. The summed E-state index contributed by atoms with van der Waals surface area (Å²) in [6.07, 6.45) is 0. The minimum atomic E-state index is -1.01. The van der Waals surface area contributed by atoms with Gasteiger partial charge in [0, 0.05) is 13.1 Å². The molecule has 0 N–H and O–H groups in total. The van der Waals surface area contributed by atoms with Crippen LogP contribution in [0.4, 0.5) is 8.78 Å². The highest BCUT2D eigenvalue weighted by Crippen LogP contribution is 2.23. The summed E-state index contributed by atoms with van der Waals surface area (Å²) in [5.74, 6) is -2.38. The number of nitrogens with zero attached hydrogens (tertiary/aromatic N) is 1. The van der Waals surface area contributed by atoms with Gasteiger partial charge in [0.05, 0.1) is 18.8 Å². The summed E-state index contributed by atoms with van der Waals surface area (Å²) in [5.41, 5.74) is -0.210. The zero-order valence-electron chi connectivity index (χ0n) is 8.88. The summed E-state index contributed by atoms with van der Waals surface area (Å²) in [7, 11) is 0. The van der Waals surface area contributed by atoms with Gasteiger partial charge in [0.2, 0.25) is 0 Å². The molecule has 1 amide bonds. The van der Waals surface area contributed by atoms with Crippen LogP contribution in [-0.2, 0) is 4.74 Å². The first-order chi connectivity index (χ1) is 8.11. The van der Waals surface area contributed by atoms with E-state index in [1.807, 2.05) is 0 Å². The van der Waals surface area contributed by atoms with Crippen LogP contribution >= 0.6 is 11.6 Å². The summed E-state index contributed by atoms with van der Waals surface area (Å²) < 4.78 is 31.7. The van der Waals surface area contributed by atoms with Crippen molar-refractivity contribution >= 4 is 17.5 Å². The number of carbonyl (C=O) groups excluding carboxylic acids is 1. The smallest absolute Gasteiger partial charge is 0.257 e. The number of carbonyl (C=O) groups is 1. The van der Waals surface area contributed by atoms with Crippen LogP contribution in [0.15, 0.2) is 12.1 Å². The molecular formula is C11H10ClF2NO2. The van der Waals surface area contributed by atoms with Crippen molar-refractivity contribution in [2.45, 2.75) is 0 Å². The first kappa shape index (κ1) is 12.3. The summed E-state index contributed by atoms with van der Waals surface area (Å²) in [6.45, 7) is 1.63. The van der Waals surface area contributed by atoms with Gasteiger partial charge in [0.1, 0.15) is 10.8 Å². The number of hydrogen-bond donors (Lipinski definition) is 0. The van der Waals surface area contributed by atoms with Crippen molar-refractivity contribution in [3.8, 4) is 0 Å². The average Bonchev–Trinajstić information content (AvgIpc) is 2.36. The number of benzene rings is 1. The van der Waals surface area contributed by atoms with Crippen molar-refractivity contribution in [2.24, 2.45) is 0 Å². The van der Waals surface area contributed by atoms with Crippen molar-refractivity contribution in [3.05, 3.63) is 34.4 Å². The highest BCUT2D eigenvalue weighted by atomic mass is 35.5. The Morgan fingerprint density at radius 1 is 1.29 bits per heavy atom. The number of amides is 1. The van der Waals surface area contributed by atoms with Gasteiger partial charge >= 0.3 is 0 Å². The lowest BCUT2D eigenvalue weighted by atomic mass is 10.1. The monoisotopic (exact) mass is 261 g/mol.